The second kappa shape index (κ2) is 18.2. The highest BCUT2D eigenvalue weighted by atomic mass is 35.5. The van der Waals surface area contributed by atoms with Crippen LogP contribution in [-0.4, -0.2) is 95.9 Å². The van der Waals surface area contributed by atoms with Crippen LogP contribution >= 0.6 is 23.2 Å². The molecule has 0 bridgehead atoms. The number of carbonyl (C=O) groups is 1. The van der Waals surface area contributed by atoms with Gasteiger partial charge in [0.15, 0.2) is 0 Å². The van der Waals surface area contributed by atoms with Crippen LogP contribution in [0.1, 0.15) is 74.7 Å². The van der Waals surface area contributed by atoms with E-state index in [9.17, 15) is 23.4 Å². The van der Waals surface area contributed by atoms with Crippen LogP contribution in [-0.2, 0) is 10.0 Å². The number of aromatic nitrogens is 3. The van der Waals surface area contributed by atoms with E-state index in [2.05, 4.69) is 55.5 Å². The van der Waals surface area contributed by atoms with Crippen LogP contribution in [0, 0.1) is 11.3 Å². The molecule has 2 fully saturated rings. The van der Waals surface area contributed by atoms with Gasteiger partial charge in [-0.3, -0.25) is 9.69 Å². The molecular formula is C46H52Cl2N6O7S. The summed E-state index contributed by atoms with van der Waals surface area (Å²) >= 11 is 12.7. The lowest BCUT2D eigenvalue weighted by Crippen LogP contribution is -2.47. The predicted octanol–water partition coefficient (Wildman–Crippen LogP) is 8.25. The number of piperazine rings is 1. The number of rotatable bonds is 13. The molecule has 2 aromatic carbocycles. The SMILES string of the molecule is CC1(C)CCC(CN2CCN(c3ccc(C(=O)NS(=O)(=O)c4cnc(OCC5CCC(O)(CO)CC5)c(Cl)c4)c(Oc4cnc5[nH]ccc5c4)c3)CC2)=C(c2ccc(Cl)cc2)C1. The second-order valence-electron chi connectivity index (χ2n) is 17.6. The lowest BCUT2D eigenvalue weighted by atomic mass is 9.72. The van der Waals surface area contributed by atoms with E-state index < -0.39 is 21.5 Å². The number of sulfonamides is 1. The smallest absolute Gasteiger partial charge is 0.268 e. The summed E-state index contributed by atoms with van der Waals surface area (Å²) in [6, 6.07) is 18.2. The van der Waals surface area contributed by atoms with Gasteiger partial charge >= 0.3 is 0 Å². The Kier molecular flexibility index (Phi) is 12.9. The van der Waals surface area contributed by atoms with Crippen LogP contribution in [0.5, 0.6) is 17.4 Å². The van der Waals surface area contributed by atoms with Crippen molar-refractivity contribution in [3.05, 3.63) is 106 Å². The van der Waals surface area contributed by atoms with Crippen LogP contribution in [0.15, 0.2) is 89.7 Å². The number of nitrogens with one attached hydrogen (secondary N) is 2. The Morgan fingerprint density at radius 1 is 0.968 bits per heavy atom. The van der Waals surface area contributed by atoms with Gasteiger partial charge in [0.2, 0.25) is 5.88 Å². The van der Waals surface area contributed by atoms with Gasteiger partial charge in [0, 0.05) is 61.1 Å². The molecule has 0 atom stereocenters. The number of aromatic amines is 1. The number of hydrogen-bond donors (Lipinski definition) is 4. The summed E-state index contributed by atoms with van der Waals surface area (Å²) in [5.41, 5.74) is 4.81. The first-order valence-corrected chi connectivity index (χ1v) is 23.3. The summed E-state index contributed by atoms with van der Waals surface area (Å²) in [5.74, 6) is -0.193. The fraction of sp³-hybridized carbons (Fsp3) is 0.413. The molecule has 1 saturated heterocycles. The summed E-state index contributed by atoms with van der Waals surface area (Å²) < 4.78 is 41.5. The minimum atomic E-state index is -4.44. The van der Waals surface area contributed by atoms with Crippen molar-refractivity contribution < 1.29 is 32.9 Å². The number of allylic oxidation sites excluding steroid dienone is 1. The maximum atomic E-state index is 13.9. The molecular weight excluding hydrogens is 852 g/mol. The van der Waals surface area contributed by atoms with Gasteiger partial charge in [-0.1, -0.05) is 54.8 Å². The number of amides is 1. The van der Waals surface area contributed by atoms with E-state index in [1.807, 2.05) is 24.3 Å². The van der Waals surface area contributed by atoms with E-state index in [-0.39, 0.29) is 51.7 Å². The molecule has 328 valence electrons. The number of anilines is 1. The highest BCUT2D eigenvalue weighted by Gasteiger charge is 2.33. The lowest BCUT2D eigenvalue weighted by molar-refractivity contribution is -0.0551. The Labute approximate surface area is 372 Å². The lowest BCUT2D eigenvalue weighted by Gasteiger charge is -2.39. The zero-order valence-electron chi connectivity index (χ0n) is 34.9. The third kappa shape index (κ3) is 10.2. The number of aliphatic hydroxyl groups is 2. The molecule has 4 heterocycles. The van der Waals surface area contributed by atoms with Crippen molar-refractivity contribution in [2.24, 2.45) is 11.3 Å². The number of hydrogen-bond acceptors (Lipinski definition) is 11. The minimum absolute atomic E-state index is 0.00611. The van der Waals surface area contributed by atoms with E-state index in [0.29, 0.717) is 37.1 Å². The van der Waals surface area contributed by atoms with Gasteiger partial charge < -0.3 is 29.6 Å². The van der Waals surface area contributed by atoms with Gasteiger partial charge in [-0.25, -0.2) is 23.1 Å². The average Bonchev–Trinajstić information content (AvgIpc) is 3.73. The number of carbonyl (C=O) groups excluding carboxylic acids is 1. The molecule has 3 aromatic heterocycles. The topological polar surface area (TPSA) is 170 Å². The van der Waals surface area contributed by atoms with Gasteiger partial charge in [0.05, 0.1) is 36.8 Å². The van der Waals surface area contributed by atoms with Crippen LogP contribution in [0.3, 0.4) is 0 Å². The van der Waals surface area contributed by atoms with Crippen LogP contribution in [0.2, 0.25) is 10.0 Å². The normalized spacial score (nSPS) is 20.9. The maximum absolute atomic E-state index is 13.9. The van der Waals surface area contributed by atoms with Crippen LogP contribution in [0.4, 0.5) is 5.69 Å². The van der Waals surface area contributed by atoms with Crippen molar-refractivity contribution in [1.82, 2.24) is 24.6 Å². The highest BCUT2D eigenvalue weighted by Crippen LogP contribution is 2.43. The standard InChI is InChI=1S/C46H52Cl2N6O7S/c1-45(2)13-11-33(39(24-45)31-3-5-34(47)6-4-31)27-53-17-19-54(20-18-53)35-7-8-38(41(22-35)61-36-21-32-12-16-49-42(32)50-25-36)43(56)52-62(58,59)37-23-40(48)44(51-26-37)60-28-30-9-14-46(57,29-55)15-10-30/h3-8,12,16,21-23,25-26,30,55,57H,9-11,13-15,17-20,24,27-29H2,1-2H3,(H,49,50)(H,52,56). The Morgan fingerprint density at radius 3 is 2.45 bits per heavy atom. The Morgan fingerprint density at radius 2 is 1.73 bits per heavy atom. The number of pyridine rings is 2. The number of aliphatic hydroxyl groups excluding tert-OH is 1. The summed E-state index contributed by atoms with van der Waals surface area (Å²) in [7, 11) is -4.44. The van der Waals surface area contributed by atoms with Crippen molar-refractivity contribution in [2.45, 2.75) is 69.3 Å². The number of fused-ring (bicyclic) bond motifs is 1. The summed E-state index contributed by atoms with van der Waals surface area (Å²) in [6.45, 7) is 8.71. The highest BCUT2D eigenvalue weighted by molar-refractivity contribution is 7.90. The molecule has 0 unspecified atom stereocenters. The molecule has 16 heteroatoms. The van der Waals surface area contributed by atoms with E-state index in [1.165, 1.54) is 22.8 Å². The molecule has 3 aliphatic rings. The first kappa shape index (κ1) is 43.9. The Balaban J connectivity index is 0.968. The fourth-order valence-corrected chi connectivity index (χ4v) is 9.96. The summed E-state index contributed by atoms with van der Waals surface area (Å²) in [6.07, 6.45) is 9.82. The molecule has 1 saturated carbocycles. The van der Waals surface area contributed by atoms with Crippen LogP contribution in [0.25, 0.3) is 16.6 Å². The number of nitrogens with zero attached hydrogens (tertiary/aromatic N) is 4. The van der Waals surface area contributed by atoms with Gasteiger partial charge in [-0.05, 0) is 110 Å². The van der Waals surface area contributed by atoms with Crippen LogP contribution < -0.4 is 19.1 Å². The number of ether oxygens (including phenoxy) is 2. The largest absolute Gasteiger partial charge is 0.476 e. The average molecular weight is 904 g/mol. The molecule has 4 N–H and O–H groups in total. The molecule has 0 radical (unpaired) electrons. The van der Waals surface area contributed by atoms with E-state index >= 15 is 0 Å². The summed E-state index contributed by atoms with van der Waals surface area (Å²) in [5, 5.41) is 21.3. The molecule has 1 amide bonds. The Bertz CT molecular complexity index is 2570. The predicted molar refractivity (Wildman–Crippen MR) is 241 cm³/mol. The minimum Gasteiger partial charge on any atom is -0.476 e. The van der Waals surface area contributed by atoms with Crippen molar-refractivity contribution in [3.8, 4) is 17.4 Å². The second-order valence-corrected chi connectivity index (χ2v) is 20.1. The molecule has 5 aromatic rings. The van der Waals surface area contributed by atoms with E-state index in [1.54, 1.807) is 30.6 Å². The monoisotopic (exact) mass is 902 g/mol. The molecule has 62 heavy (non-hydrogen) atoms. The molecule has 1 aliphatic heterocycles. The van der Waals surface area contributed by atoms with Crippen molar-refractivity contribution in [1.29, 1.82) is 0 Å². The maximum Gasteiger partial charge on any atom is 0.268 e. The van der Waals surface area contributed by atoms with Crippen molar-refractivity contribution in [2.75, 3.05) is 50.8 Å². The molecule has 13 nitrogen and oxygen atoms in total. The molecule has 2 aliphatic carbocycles. The first-order valence-electron chi connectivity index (χ1n) is 21.0. The van der Waals surface area contributed by atoms with Gasteiger partial charge in [-0.2, -0.15) is 0 Å². The van der Waals surface area contributed by atoms with E-state index in [0.717, 1.165) is 74.3 Å². The Hall–Kier alpha value is -4.70. The zero-order chi connectivity index (χ0) is 43.6. The number of H-pyrrole nitrogens is 1. The van der Waals surface area contributed by atoms with Gasteiger partial charge in [0.25, 0.3) is 15.9 Å². The third-order valence-electron chi connectivity index (χ3n) is 12.4. The third-order valence-corrected chi connectivity index (χ3v) is 14.3. The quantitative estimate of drug-likeness (QED) is 0.0898. The molecule has 0 spiro atoms. The fourth-order valence-electron chi connectivity index (χ4n) is 8.61. The zero-order valence-corrected chi connectivity index (χ0v) is 37.2. The van der Waals surface area contributed by atoms with Gasteiger partial charge in [0.1, 0.15) is 27.1 Å². The van der Waals surface area contributed by atoms with Crippen molar-refractivity contribution >= 4 is 61.4 Å². The summed E-state index contributed by atoms with van der Waals surface area (Å²) in [4.78, 5) is 29.9. The number of benzene rings is 2. The number of halogens is 2. The molecule has 8 rings (SSSR count). The van der Waals surface area contributed by atoms with Crippen molar-refractivity contribution in [3.63, 3.8) is 0 Å². The van der Waals surface area contributed by atoms with E-state index in [4.69, 9.17) is 32.7 Å². The first-order chi connectivity index (χ1) is 29.7. The van der Waals surface area contributed by atoms with Gasteiger partial charge in [-0.15, -0.1) is 0 Å².